The average Bonchev–Trinajstić information content (AvgIpc) is 2.09. The molecular formula is C11H25NO3Si. The minimum Gasteiger partial charge on any atom is -0.465 e. The molecule has 0 radical (unpaired) electrons. The van der Waals surface area contributed by atoms with Crippen LogP contribution in [0, 0.1) is 0 Å². The van der Waals surface area contributed by atoms with E-state index in [0.29, 0.717) is 13.2 Å². The highest BCUT2D eigenvalue weighted by Gasteiger charge is 2.36. The number of hydrogen-bond acceptors (Lipinski definition) is 2. The van der Waals surface area contributed by atoms with Crippen molar-refractivity contribution in [2.24, 2.45) is 0 Å². The Hall–Kier alpha value is -0.553. The molecule has 0 aliphatic heterocycles. The Bertz CT molecular complexity index is 236. The third-order valence-corrected chi connectivity index (χ3v) is 7.77. The zero-order valence-corrected chi connectivity index (χ0v) is 12.3. The van der Waals surface area contributed by atoms with Gasteiger partial charge in [0.25, 0.3) is 0 Å². The summed E-state index contributed by atoms with van der Waals surface area (Å²) < 4.78 is 5.94. The molecular weight excluding hydrogens is 222 g/mol. The van der Waals surface area contributed by atoms with Crippen LogP contribution in [-0.2, 0) is 4.43 Å². The van der Waals surface area contributed by atoms with Crippen molar-refractivity contribution in [1.82, 2.24) is 4.90 Å². The second-order valence-electron chi connectivity index (χ2n) is 5.67. The van der Waals surface area contributed by atoms with E-state index in [-0.39, 0.29) is 5.04 Å². The van der Waals surface area contributed by atoms with Crippen molar-refractivity contribution < 1.29 is 14.3 Å². The molecule has 0 fully saturated rings. The van der Waals surface area contributed by atoms with Gasteiger partial charge in [0.05, 0.1) is 0 Å². The molecule has 1 amide bonds. The zero-order valence-electron chi connectivity index (χ0n) is 11.3. The highest BCUT2D eigenvalue weighted by atomic mass is 28.4. The van der Waals surface area contributed by atoms with E-state index in [1.807, 2.05) is 0 Å². The van der Waals surface area contributed by atoms with Crippen molar-refractivity contribution in [2.45, 2.75) is 45.3 Å². The third kappa shape index (κ3) is 4.98. The van der Waals surface area contributed by atoms with Crippen LogP contribution >= 0.6 is 0 Å². The number of amides is 1. The number of carboxylic acid groups (broad SMARTS) is 1. The van der Waals surface area contributed by atoms with E-state index in [0.717, 1.165) is 6.42 Å². The Labute approximate surface area is 99.7 Å². The van der Waals surface area contributed by atoms with Gasteiger partial charge in [0, 0.05) is 20.2 Å². The van der Waals surface area contributed by atoms with Crippen molar-refractivity contribution in [1.29, 1.82) is 0 Å². The predicted octanol–water partition coefficient (Wildman–Crippen LogP) is 3.01. The van der Waals surface area contributed by atoms with Gasteiger partial charge >= 0.3 is 6.09 Å². The maximum Gasteiger partial charge on any atom is 0.407 e. The monoisotopic (exact) mass is 247 g/mol. The van der Waals surface area contributed by atoms with E-state index in [1.165, 1.54) is 4.90 Å². The van der Waals surface area contributed by atoms with Crippen molar-refractivity contribution in [3.63, 3.8) is 0 Å². The molecule has 0 saturated heterocycles. The lowest BCUT2D eigenvalue weighted by atomic mass is 10.2. The summed E-state index contributed by atoms with van der Waals surface area (Å²) in [4.78, 5) is 11.8. The summed E-state index contributed by atoms with van der Waals surface area (Å²) in [6.45, 7) is 12.2. The summed E-state index contributed by atoms with van der Waals surface area (Å²) >= 11 is 0. The molecule has 0 aliphatic rings. The largest absolute Gasteiger partial charge is 0.465 e. The van der Waals surface area contributed by atoms with Gasteiger partial charge in [-0.05, 0) is 24.6 Å². The first kappa shape index (κ1) is 15.4. The molecule has 0 aromatic carbocycles. The number of hydrogen-bond donors (Lipinski definition) is 1. The van der Waals surface area contributed by atoms with Gasteiger partial charge in [0.1, 0.15) is 0 Å². The lowest BCUT2D eigenvalue weighted by Crippen LogP contribution is -2.41. The van der Waals surface area contributed by atoms with Gasteiger partial charge in [0.2, 0.25) is 0 Å². The van der Waals surface area contributed by atoms with Gasteiger partial charge in [-0.15, -0.1) is 0 Å². The van der Waals surface area contributed by atoms with Crippen LogP contribution < -0.4 is 0 Å². The summed E-state index contributed by atoms with van der Waals surface area (Å²) in [5, 5.41) is 8.88. The second kappa shape index (κ2) is 5.68. The van der Waals surface area contributed by atoms with Crippen LogP contribution in [0.1, 0.15) is 27.2 Å². The van der Waals surface area contributed by atoms with Crippen LogP contribution in [0.5, 0.6) is 0 Å². The number of nitrogens with zero attached hydrogens (tertiary/aromatic N) is 1. The second-order valence-corrected chi connectivity index (χ2v) is 10.5. The molecule has 0 aromatic rings. The van der Waals surface area contributed by atoms with E-state index in [9.17, 15) is 4.79 Å². The van der Waals surface area contributed by atoms with E-state index < -0.39 is 14.4 Å². The van der Waals surface area contributed by atoms with Crippen molar-refractivity contribution in [3.05, 3.63) is 0 Å². The normalized spacial score (nSPS) is 12.6. The Morgan fingerprint density at radius 3 is 2.25 bits per heavy atom. The van der Waals surface area contributed by atoms with Crippen LogP contribution in [0.15, 0.2) is 0 Å². The van der Waals surface area contributed by atoms with Gasteiger partial charge in [0.15, 0.2) is 8.32 Å². The van der Waals surface area contributed by atoms with Gasteiger partial charge in [-0.25, -0.2) is 4.79 Å². The van der Waals surface area contributed by atoms with Crippen LogP contribution in [0.4, 0.5) is 4.79 Å². The Morgan fingerprint density at radius 1 is 1.38 bits per heavy atom. The molecule has 0 aromatic heterocycles. The first-order valence-corrected chi connectivity index (χ1v) is 8.57. The summed E-state index contributed by atoms with van der Waals surface area (Å²) in [5.41, 5.74) is 0. The quantitative estimate of drug-likeness (QED) is 0.600. The Kier molecular flexibility index (Phi) is 5.48. The van der Waals surface area contributed by atoms with E-state index in [4.69, 9.17) is 9.53 Å². The maximum atomic E-state index is 10.5. The van der Waals surface area contributed by atoms with Crippen molar-refractivity contribution in [2.75, 3.05) is 20.2 Å². The molecule has 5 heteroatoms. The minimum absolute atomic E-state index is 0.214. The molecule has 1 N–H and O–H groups in total. The first-order valence-electron chi connectivity index (χ1n) is 5.66. The Morgan fingerprint density at radius 2 is 1.88 bits per heavy atom. The molecule has 0 atom stereocenters. The van der Waals surface area contributed by atoms with Crippen molar-refractivity contribution in [3.8, 4) is 0 Å². The topological polar surface area (TPSA) is 49.8 Å². The fraction of sp³-hybridized carbons (Fsp3) is 0.909. The van der Waals surface area contributed by atoms with Gasteiger partial charge in [-0.2, -0.15) is 0 Å². The summed E-state index contributed by atoms with van der Waals surface area (Å²) in [7, 11) is -0.0920. The Balaban J connectivity index is 3.87. The van der Waals surface area contributed by atoms with E-state index in [1.54, 1.807) is 7.05 Å². The molecule has 0 spiro atoms. The highest BCUT2D eigenvalue weighted by molar-refractivity contribution is 6.74. The van der Waals surface area contributed by atoms with Gasteiger partial charge < -0.3 is 14.4 Å². The number of carbonyl (C=O) groups is 1. The molecule has 0 heterocycles. The predicted molar refractivity (Wildman–Crippen MR) is 68.4 cm³/mol. The summed E-state index contributed by atoms with van der Waals surface area (Å²) in [6.07, 6.45) is -0.123. The van der Waals surface area contributed by atoms with Crippen LogP contribution in [-0.4, -0.2) is 44.6 Å². The lowest BCUT2D eigenvalue weighted by Gasteiger charge is -2.36. The molecule has 0 saturated carbocycles. The minimum atomic E-state index is -1.67. The lowest BCUT2D eigenvalue weighted by molar-refractivity contribution is 0.152. The standard InChI is InChI=1S/C11H25NO3Si/c1-11(2,3)16(5,6)15-9-7-8-12(4)10(13)14/h7-9H2,1-6H3,(H,13,14). The van der Waals surface area contributed by atoms with Gasteiger partial charge in [-0.3, -0.25) is 0 Å². The molecule has 0 unspecified atom stereocenters. The van der Waals surface area contributed by atoms with Crippen LogP contribution in [0.2, 0.25) is 18.1 Å². The maximum absolute atomic E-state index is 10.5. The molecule has 0 aliphatic carbocycles. The highest BCUT2D eigenvalue weighted by Crippen LogP contribution is 2.36. The summed E-state index contributed by atoms with van der Waals surface area (Å²) in [6, 6.07) is 0. The fourth-order valence-electron chi connectivity index (χ4n) is 0.941. The summed E-state index contributed by atoms with van der Waals surface area (Å²) in [5.74, 6) is 0. The molecule has 0 rings (SSSR count). The van der Waals surface area contributed by atoms with Gasteiger partial charge in [-0.1, -0.05) is 20.8 Å². The van der Waals surface area contributed by atoms with Crippen LogP contribution in [0.3, 0.4) is 0 Å². The molecule has 96 valence electrons. The molecule has 0 bridgehead atoms. The van der Waals surface area contributed by atoms with Crippen molar-refractivity contribution >= 4 is 14.4 Å². The molecule has 4 nitrogen and oxygen atoms in total. The van der Waals surface area contributed by atoms with E-state index >= 15 is 0 Å². The fourth-order valence-corrected chi connectivity index (χ4v) is 2.03. The molecule has 16 heavy (non-hydrogen) atoms. The smallest absolute Gasteiger partial charge is 0.407 e. The SMILES string of the molecule is CN(CCCO[Si](C)(C)C(C)(C)C)C(=O)O. The third-order valence-electron chi connectivity index (χ3n) is 3.23. The zero-order chi connectivity index (χ0) is 13.0. The van der Waals surface area contributed by atoms with Crippen LogP contribution in [0.25, 0.3) is 0 Å². The first-order chi connectivity index (χ1) is 7.08. The van der Waals surface area contributed by atoms with E-state index in [2.05, 4.69) is 33.9 Å². The number of rotatable bonds is 5. The average molecular weight is 247 g/mol.